The van der Waals surface area contributed by atoms with Crippen LogP contribution in [0.4, 0.5) is 0 Å². The van der Waals surface area contributed by atoms with Crippen molar-refractivity contribution in [3.05, 3.63) is 46.5 Å². The summed E-state index contributed by atoms with van der Waals surface area (Å²) >= 11 is 0. The molecule has 2 aromatic rings. The predicted octanol–water partition coefficient (Wildman–Crippen LogP) is 3.38. The molecule has 3 rings (SSSR count). The van der Waals surface area contributed by atoms with Crippen molar-refractivity contribution in [3.63, 3.8) is 0 Å². The van der Waals surface area contributed by atoms with E-state index in [1.165, 1.54) is 0 Å². The van der Waals surface area contributed by atoms with Crippen LogP contribution in [0.2, 0.25) is 0 Å². The Hall–Kier alpha value is -3.65. The van der Waals surface area contributed by atoms with Gasteiger partial charge < -0.3 is 33.7 Å². The average Bonchev–Trinajstić information content (AvgIpc) is 2.85. The van der Waals surface area contributed by atoms with E-state index in [9.17, 15) is 4.79 Å². The van der Waals surface area contributed by atoms with Crippen molar-refractivity contribution >= 4 is 17.9 Å². The molecule has 1 N–H and O–H groups in total. The number of carbonyl (C=O) groups is 1. The van der Waals surface area contributed by atoms with Gasteiger partial charge in [-0.2, -0.15) is 0 Å². The highest BCUT2D eigenvalue weighted by Crippen LogP contribution is 2.42. The zero-order chi connectivity index (χ0) is 24.0. The lowest BCUT2D eigenvalue weighted by molar-refractivity contribution is -0.112. The summed E-state index contributed by atoms with van der Waals surface area (Å²) in [6.45, 7) is 0.855. The van der Waals surface area contributed by atoms with Gasteiger partial charge in [0.05, 0.1) is 42.7 Å². The van der Waals surface area contributed by atoms with E-state index >= 15 is 0 Å². The lowest BCUT2D eigenvalue weighted by Gasteiger charge is -2.20. The third-order valence-corrected chi connectivity index (χ3v) is 5.34. The molecule has 8 nitrogen and oxygen atoms in total. The Morgan fingerprint density at radius 1 is 0.606 bits per heavy atom. The number of Topliss-reactive ketones (excluding diaryl/α,β-unsaturated/α-hetero) is 1. The second kappa shape index (κ2) is 10.8. The van der Waals surface area contributed by atoms with Crippen molar-refractivity contribution in [2.75, 3.05) is 55.7 Å². The molecule has 0 atom stereocenters. The van der Waals surface area contributed by atoms with Crippen LogP contribution in [0.1, 0.15) is 11.1 Å². The molecule has 176 valence electrons. The number of hydrogen-bond donors (Lipinski definition) is 1. The van der Waals surface area contributed by atoms with Crippen molar-refractivity contribution in [2.24, 2.45) is 0 Å². The number of ketones is 1. The molecule has 0 amide bonds. The molecule has 0 radical (unpaired) electrons. The predicted molar refractivity (Wildman–Crippen MR) is 126 cm³/mol. The molecule has 2 aromatic carbocycles. The van der Waals surface area contributed by atoms with Gasteiger partial charge >= 0.3 is 0 Å². The van der Waals surface area contributed by atoms with Crippen LogP contribution in [0.5, 0.6) is 34.5 Å². The van der Waals surface area contributed by atoms with Gasteiger partial charge in [0.1, 0.15) is 0 Å². The van der Waals surface area contributed by atoms with Gasteiger partial charge in [-0.15, -0.1) is 0 Å². The standard InChI is InChI=1S/C25H29NO7/c1-28-19-9-7-15(22(30-3)24(19)32-5)11-17-13-26-14-18(21(17)27)12-16-8-10-20(29-2)25(33-6)23(16)31-4/h7-12,26H,13-14H2,1-6H3/b17-11+,18-12+. The van der Waals surface area contributed by atoms with E-state index in [2.05, 4.69) is 5.32 Å². The third-order valence-electron chi connectivity index (χ3n) is 5.34. The Labute approximate surface area is 193 Å². The fourth-order valence-corrected chi connectivity index (χ4v) is 3.78. The van der Waals surface area contributed by atoms with Gasteiger partial charge in [-0.1, -0.05) is 0 Å². The molecule has 1 aliphatic rings. The quantitative estimate of drug-likeness (QED) is 0.607. The van der Waals surface area contributed by atoms with E-state index in [0.717, 1.165) is 0 Å². The van der Waals surface area contributed by atoms with Crippen molar-refractivity contribution < 1.29 is 33.2 Å². The fraction of sp³-hybridized carbons (Fsp3) is 0.320. The Bertz CT molecular complexity index is 1010. The van der Waals surface area contributed by atoms with Gasteiger partial charge in [0.2, 0.25) is 11.5 Å². The van der Waals surface area contributed by atoms with E-state index in [4.69, 9.17) is 28.4 Å². The maximum atomic E-state index is 13.3. The van der Waals surface area contributed by atoms with Gasteiger partial charge in [-0.05, 0) is 36.4 Å². The Kier molecular flexibility index (Phi) is 7.84. The Morgan fingerprint density at radius 2 is 1.00 bits per heavy atom. The maximum Gasteiger partial charge on any atom is 0.203 e. The van der Waals surface area contributed by atoms with Crippen molar-refractivity contribution in [1.82, 2.24) is 5.32 Å². The summed E-state index contributed by atoms with van der Waals surface area (Å²) < 4.78 is 32.7. The summed E-state index contributed by atoms with van der Waals surface area (Å²) in [5.74, 6) is 2.95. The molecule has 1 aliphatic heterocycles. The normalized spacial score (nSPS) is 16.0. The van der Waals surface area contributed by atoms with Crippen LogP contribution in [0.25, 0.3) is 12.2 Å². The second-order valence-electron chi connectivity index (χ2n) is 7.12. The number of benzene rings is 2. The van der Waals surface area contributed by atoms with Gasteiger partial charge in [-0.25, -0.2) is 0 Å². The monoisotopic (exact) mass is 455 g/mol. The zero-order valence-electron chi connectivity index (χ0n) is 19.7. The molecule has 8 heteroatoms. The number of nitrogens with one attached hydrogen (secondary N) is 1. The highest BCUT2D eigenvalue weighted by Gasteiger charge is 2.23. The van der Waals surface area contributed by atoms with E-state index in [-0.39, 0.29) is 5.78 Å². The first kappa shape index (κ1) is 24.0. The highest BCUT2D eigenvalue weighted by atomic mass is 16.5. The number of rotatable bonds is 8. The number of carbonyl (C=O) groups excluding carboxylic acids is 1. The minimum atomic E-state index is -0.0672. The minimum Gasteiger partial charge on any atom is -0.493 e. The molecule has 0 spiro atoms. The molecular formula is C25H29NO7. The molecule has 0 aliphatic carbocycles. The Balaban J connectivity index is 2.02. The summed E-state index contributed by atoms with van der Waals surface area (Å²) in [5.41, 5.74) is 2.62. The zero-order valence-corrected chi connectivity index (χ0v) is 19.7. The van der Waals surface area contributed by atoms with E-state index in [1.807, 2.05) is 12.1 Å². The molecular weight excluding hydrogens is 426 g/mol. The third kappa shape index (κ3) is 4.75. The molecule has 0 unspecified atom stereocenters. The van der Waals surface area contributed by atoms with Crippen LogP contribution >= 0.6 is 0 Å². The van der Waals surface area contributed by atoms with Crippen molar-refractivity contribution in [1.29, 1.82) is 0 Å². The van der Waals surface area contributed by atoms with Gasteiger partial charge in [0.25, 0.3) is 0 Å². The smallest absolute Gasteiger partial charge is 0.203 e. The maximum absolute atomic E-state index is 13.3. The van der Waals surface area contributed by atoms with E-state index in [1.54, 1.807) is 66.9 Å². The number of methoxy groups -OCH3 is 6. The first-order valence-corrected chi connectivity index (χ1v) is 10.3. The lowest BCUT2D eigenvalue weighted by atomic mass is 9.95. The fourth-order valence-electron chi connectivity index (χ4n) is 3.78. The summed E-state index contributed by atoms with van der Waals surface area (Å²) in [4.78, 5) is 13.3. The highest BCUT2D eigenvalue weighted by molar-refractivity contribution is 6.15. The molecule has 1 saturated heterocycles. The molecule has 1 fully saturated rings. The number of hydrogen-bond acceptors (Lipinski definition) is 8. The second-order valence-corrected chi connectivity index (χ2v) is 7.12. The number of piperidine rings is 1. The van der Waals surface area contributed by atoms with E-state index < -0.39 is 0 Å². The van der Waals surface area contributed by atoms with Crippen LogP contribution < -0.4 is 33.7 Å². The molecule has 33 heavy (non-hydrogen) atoms. The largest absolute Gasteiger partial charge is 0.493 e. The molecule has 0 saturated carbocycles. The van der Waals surface area contributed by atoms with Crippen molar-refractivity contribution in [3.8, 4) is 34.5 Å². The van der Waals surface area contributed by atoms with Crippen LogP contribution in [0.3, 0.4) is 0 Å². The van der Waals surface area contributed by atoms with Crippen LogP contribution in [-0.2, 0) is 4.79 Å². The first-order chi connectivity index (χ1) is 16.0. The SMILES string of the molecule is COc1ccc(/C=C2\CNC/C(=C\c3ccc(OC)c(OC)c3OC)C2=O)c(OC)c1OC. The van der Waals surface area contributed by atoms with Crippen LogP contribution in [-0.4, -0.2) is 61.5 Å². The summed E-state index contributed by atoms with van der Waals surface area (Å²) in [6.07, 6.45) is 3.60. The lowest BCUT2D eigenvalue weighted by Crippen LogP contribution is -2.32. The molecule has 0 bridgehead atoms. The van der Waals surface area contributed by atoms with E-state index in [0.29, 0.717) is 69.9 Å². The average molecular weight is 456 g/mol. The van der Waals surface area contributed by atoms with Gasteiger partial charge in [0, 0.05) is 35.4 Å². The van der Waals surface area contributed by atoms with Gasteiger partial charge in [0.15, 0.2) is 28.8 Å². The van der Waals surface area contributed by atoms with Gasteiger partial charge in [-0.3, -0.25) is 4.79 Å². The molecule has 1 heterocycles. The minimum absolute atomic E-state index is 0.0672. The summed E-state index contributed by atoms with van der Waals surface area (Å²) in [7, 11) is 9.31. The number of ether oxygens (including phenoxy) is 6. The summed E-state index contributed by atoms with van der Waals surface area (Å²) in [5, 5.41) is 3.28. The van der Waals surface area contributed by atoms with Crippen LogP contribution in [0.15, 0.2) is 35.4 Å². The first-order valence-electron chi connectivity index (χ1n) is 10.3. The van der Waals surface area contributed by atoms with Crippen LogP contribution in [0, 0.1) is 0 Å². The molecule has 0 aromatic heterocycles. The topological polar surface area (TPSA) is 84.5 Å². The summed E-state index contributed by atoms with van der Waals surface area (Å²) in [6, 6.07) is 7.21. The van der Waals surface area contributed by atoms with Crippen molar-refractivity contribution in [2.45, 2.75) is 0 Å². The Morgan fingerprint density at radius 3 is 1.33 bits per heavy atom.